The molecule has 0 saturated heterocycles. The van der Waals surface area contributed by atoms with Crippen molar-refractivity contribution in [2.75, 3.05) is 17.3 Å². The molecule has 100 valence electrons. The molecule has 1 rings (SSSR count). The van der Waals surface area contributed by atoms with Crippen LogP contribution in [0.4, 0.5) is 17.5 Å². The number of hydrogen-bond acceptors (Lipinski definition) is 8. The third kappa shape index (κ3) is 3.50. The van der Waals surface area contributed by atoms with Crippen molar-refractivity contribution in [2.24, 2.45) is 5.84 Å². The second-order valence-electron chi connectivity index (χ2n) is 3.80. The largest absolute Gasteiger partial charge is 0.393 e. The summed E-state index contributed by atoms with van der Waals surface area (Å²) in [6.07, 6.45) is -0.0439. The molecule has 0 amide bonds. The SMILES string of the molecule is Cc1nc(NN)nc(NCCC(C)O)c1[N+](=O)[O-]. The highest BCUT2D eigenvalue weighted by Crippen LogP contribution is 2.26. The Hall–Kier alpha value is -2.00. The molecule has 1 aromatic rings. The normalized spacial score (nSPS) is 12.0. The summed E-state index contributed by atoms with van der Waals surface area (Å²) in [6.45, 7) is 3.49. The molecule has 18 heavy (non-hydrogen) atoms. The molecule has 0 aliphatic heterocycles. The van der Waals surface area contributed by atoms with E-state index in [-0.39, 0.29) is 23.1 Å². The number of nitrogens with zero attached hydrogens (tertiary/aromatic N) is 3. The van der Waals surface area contributed by atoms with Crippen molar-refractivity contribution in [3.63, 3.8) is 0 Å². The Morgan fingerprint density at radius 1 is 1.56 bits per heavy atom. The number of aliphatic hydroxyl groups is 1. The summed E-state index contributed by atoms with van der Waals surface area (Å²) in [5.41, 5.74) is 2.26. The number of anilines is 2. The lowest BCUT2D eigenvalue weighted by Crippen LogP contribution is -2.16. The number of hydrazine groups is 1. The van der Waals surface area contributed by atoms with Crippen LogP contribution >= 0.6 is 0 Å². The molecule has 0 spiro atoms. The first-order valence-corrected chi connectivity index (χ1v) is 5.37. The van der Waals surface area contributed by atoms with E-state index >= 15 is 0 Å². The molecule has 1 heterocycles. The molecule has 1 unspecified atom stereocenters. The number of hydrogen-bond donors (Lipinski definition) is 4. The Morgan fingerprint density at radius 2 is 2.22 bits per heavy atom. The lowest BCUT2D eigenvalue weighted by Gasteiger charge is -2.10. The maximum absolute atomic E-state index is 10.9. The fraction of sp³-hybridized carbons (Fsp3) is 0.556. The highest BCUT2D eigenvalue weighted by molar-refractivity contribution is 5.60. The van der Waals surface area contributed by atoms with Crippen LogP contribution in [0.15, 0.2) is 0 Å². The van der Waals surface area contributed by atoms with Crippen molar-refractivity contribution >= 4 is 17.5 Å². The van der Waals surface area contributed by atoms with Gasteiger partial charge in [0, 0.05) is 6.54 Å². The zero-order valence-electron chi connectivity index (χ0n) is 10.2. The van der Waals surface area contributed by atoms with Gasteiger partial charge in [-0.15, -0.1) is 0 Å². The monoisotopic (exact) mass is 256 g/mol. The summed E-state index contributed by atoms with van der Waals surface area (Å²) in [6, 6.07) is 0. The highest BCUT2D eigenvalue weighted by atomic mass is 16.6. The van der Waals surface area contributed by atoms with Crippen LogP contribution in [0.5, 0.6) is 0 Å². The van der Waals surface area contributed by atoms with Gasteiger partial charge in [0.1, 0.15) is 5.69 Å². The average molecular weight is 256 g/mol. The molecule has 9 nitrogen and oxygen atoms in total. The zero-order valence-corrected chi connectivity index (χ0v) is 10.2. The second kappa shape index (κ2) is 6.07. The first-order valence-electron chi connectivity index (χ1n) is 5.37. The van der Waals surface area contributed by atoms with Gasteiger partial charge in [-0.2, -0.15) is 4.98 Å². The molecule has 0 aliphatic rings. The van der Waals surface area contributed by atoms with E-state index in [0.717, 1.165) is 0 Å². The molecule has 0 saturated carbocycles. The smallest absolute Gasteiger partial charge is 0.332 e. The summed E-state index contributed by atoms with van der Waals surface area (Å²) in [4.78, 5) is 18.1. The van der Waals surface area contributed by atoms with Crippen molar-refractivity contribution in [3.8, 4) is 0 Å². The number of nitrogen functional groups attached to an aromatic ring is 1. The van der Waals surface area contributed by atoms with Crippen LogP contribution in [0.3, 0.4) is 0 Å². The van der Waals surface area contributed by atoms with Crippen LogP contribution in [0.2, 0.25) is 0 Å². The maximum Gasteiger partial charge on any atom is 0.332 e. The third-order valence-corrected chi connectivity index (χ3v) is 2.22. The summed E-state index contributed by atoms with van der Waals surface area (Å²) >= 11 is 0. The van der Waals surface area contributed by atoms with Crippen LogP contribution in [-0.4, -0.2) is 32.6 Å². The second-order valence-corrected chi connectivity index (χ2v) is 3.80. The van der Waals surface area contributed by atoms with E-state index in [1.165, 1.54) is 6.92 Å². The lowest BCUT2D eigenvalue weighted by atomic mass is 10.3. The number of nitrogens with two attached hydrogens (primary N) is 1. The number of aliphatic hydroxyl groups excluding tert-OH is 1. The van der Waals surface area contributed by atoms with Crippen LogP contribution in [0.25, 0.3) is 0 Å². The third-order valence-electron chi connectivity index (χ3n) is 2.22. The van der Waals surface area contributed by atoms with Gasteiger partial charge >= 0.3 is 5.69 Å². The molecule has 0 aliphatic carbocycles. The molecular formula is C9H16N6O3. The summed E-state index contributed by atoms with van der Waals surface area (Å²) < 4.78 is 0. The van der Waals surface area contributed by atoms with Crippen LogP contribution in [0, 0.1) is 17.0 Å². The van der Waals surface area contributed by atoms with Crippen molar-refractivity contribution in [1.82, 2.24) is 9.97 Å². The molecule has 0 radical (unpaired) electrons. The van der Waals surface area contributed by atoms with Crippen LogP contribution in [0.1, 0.15) is 19.0 Å². The molecule has 1 atom stereocenters. The van der Waals surface area contributed by atoms with Crippen LogP contribution in [-0.2, 0) is 0 Å². The van der Waals surface area contributed by atoms with E-state index in [1.807, 2.05) is 0 Å². The minimum absolute atomic E-state index is 0.0844. The van der Waals surface area contributed by atoms with Crippen molar-refractivity contribution in [2.45, 2.75) is 26.4 Å². The minimum atomic E-state index is -0.555. The summed E-state index contributed by atoms with van der Waals surface area (Å²) in [5, 5.41) is 22.8. The van der Waals surface area contributed by atoms with E-state index < -0.39 is 11.0 Å². The van der Waals surface area contributed by atoms with Gasteiger partial charge in [0.2, 0.25) is 11.8 Å². The van der Waals surface area contributed by atoms with E-state index in [2.05, 4.69) is 20.7 Å². The number of aryl methyl sites for hydroxylation is 1. The van der Waals surface area contributed by atoms with Gasteiger partial charge in [-0.3, -0.25) is 15.5 Å². The van der Waals surface area contributed by atoms with Gasteiger partial charge in [0.15, 0.2) is 0 Å². The van der Waals surface area contributed by atoms with Crippen LogP contribution < -0.4 is 16.6 Å². The molecule has 5 N–H and O–H groups in total. The minimum Gasteiger partial charge on any atom is -0.393 e. The summed E-state index contributed by atoms with van der Waals surface area (Å²) in [5.74, 6) is 5.36. The molecule has 1 aromatic heterocycles. The first kappa shape index (κ1) is 14.1. The molecule has 0 bridgehead atoms. The molecule has 0 fully saturated rings. The molecular weight excluding hydrogens is 240 g/mol. The predicted molar refractivity (Wildman–Crippen MR) is 66.0 cm³/mol. The number of rotatable bonds is 6. The fourth-order valence-corrected chi connectivity index (χ4v) is 1.37. The number of nitro groups is 1. The van der Waals surface area contributed by atoms with Crippen molar-refractivity contribution in [1.29, 1.82) is 0 Å². The van der Waals surface area contributed by atoms with E-state index in [1.54, 1.807) is 6.92 Å². The Balaban J connectivity index is 2.98. The van der Waals surface area contributed by atoms with Gasteiger partial charge in [0.05, 0.1) is 11.0 Å². The van der Waals surface area contributed by atoms with E-state index in [0.29, 0.717) is 13.0 Å². The van der Waals surface area contributed by atoms with E-state index in [4.69, 9.17) is 10.9 Å². The Kier molecular flexibility index (Phi) is 4.75. The Bertz CT molecular complexity index is 437. The number of aromatic nitrogens is 2. The fourth-order valence-electron chi connectivity index (χ4n) is 1.37. The van der Waals surface area contributed by atoms with Crippen molar-refractivity contribution < 1.29 is 10.0 Å². The van der Waals surface area contributed by atoms with E-state index in [9.17, 15) is 10.1 Å². The summed E-state index contributed by atoms with van der Waals surface area (Å²) in [7, 11) is 0. The quantitative estimate of drug-likeness (QED) is 0.320. The van der Waals surface area contributed by atoms with Gasteiger partial charge in [0.25, 0.3) is 0 Å². The standard InChI is InChI=1S/C9H16N6O3/c1-5(16)3-4-11-8-7(15(17)18)6(2)12-9(13-8)14-10/h5,16H,3-4,10H2,1-2H3,(H2,11,12,13,14). The maximum atomic E-state index is 10.9. The Labute approximate surface area is 104 Å². The predicted octanol–water partition coefficient (Wildman–Crippen LogP) is 0.162. The topological polar surface area (TPSA) is 139 Å². The number of nitrogens with one attached hydrogen (secondary N) is 2. The molecule has 9 heteroatoms. The Morgan fingerprint density at radius 3 is 2.72 bits per heavy atom. The van der Waals surface area contributed by atoms with Gasteiger partial charge in [-0.05, 0) is 20.3 Å². The highest BCUT2D eigenvalue weighted by Gasteiger charge is 2.21. The van der Waals surface area contributed by atoms with Gasteiger partial charge in [-0.25, -0.2) is 10.8 Å². The van der Waals surface area contributed by atoms with Gasteiger partial charge in [-0.1, -0.05) is 0 Å². The van der Waals surface area contributed by atoms with Gasteiger partial charge < -0.3 is 10.4 Å². The first-order chi connectivity index (χ1) is 8.45. The molecule has 0 aromatic carbocycles. The zero-order chi connectivity index (χ0) is 13.7. The average Bonchev–Trinajstić information content (AvgIpc) is 2.27. The van der Waals surface area contributed by atoms with Crippen molar-refractivity contribution in [3.05, 3.63) is 15.8 Å². The lowest BCUT2D eigenvalue weighted by molar-refractivity contribution is -0.385.